The van der Waals surface area contributed by atoms with E-state index in [1.54, 1.807) is 0 Å². The minimum atomic E-state index is -1.17. The second-order valence-corrected chi connectivity index (χ2v) is 8.79. The van der Waals surface area contributed by atoms with Gasteiger partial charge in [-0.15, -0.1) is 0 Å². The van der Waals surface area contributed by atoms with Crippen LogP contribution in [0.3, 0.4) is 0 Å². The molecule has 0 fully saturated rings. The van der Waals surface area contributed by atoms with Gasteiger partial charge in [-0.05, 0) is 42.8 Å². The van der Waals surface area contributed by atoms with Crippen LogP contribution in [0.2, 0.25) is 10.0 Å². The van der Waals surface area contributed by atoms with Crippen LogP contribution in [0.4, 0.5) is 5.69 Å². The molecule has 32 heavy (non-hydrogen) atoms. The molecule has 0 saturated heterocycles. The zero-order chi connectivity index (χ0) is 23.0. The Kier molecular flexibility index (Phi) is 6.20. The number of benzene rings is 3. The maximum atomic E-state index is 13.5. The first-order valence-electron chi connectivity index (χ1n) is 9.45. The van der Waals surface area contributed by atoms with Gasteiger partial charge in [-0.3, -0.25) is 4.79 Å². The highest BCUT2D eigenvalue weighted by Crippen LogP contribution is 2.35. The monoisotopic (exact) mass is 528 g/mol. The van der Waals surface area contributed by atoms with Crippen molar-refractivity contribution in [3.63, 3.8) is 0 Å². The number of aromatic carboxylic acids is 1. The van der Waals surface area contributed by atoms with E-state index in [4.69, 9.17) is 28.2 Å². The molecule has 1 aromatic heterocycles. The summed E-state index contributed by atoms with van der Waals surface area (Å²) in [6.07, 6.45) is 0. The van der Waals surface area contributed by atoms with E-state index in [0.717, 1.165) is 10.0 Å². The molecular formula is C24H15BrCl2N2O3. The molecule has 0 unspecified atom stereocenters. The third-order valence-electron chi connectivity index (χ3n) is 4.99. The normalized spacial score (nSPS) is 10.9. The average Bonchev–Trinajstić information content (AvgIpc) is 2.76. The molecule has 1 amide bonds. The van der Waals surface area contributed by atoms with Crippen molar-refractivity contribution in [1.82, 2.24) is 4.98 Å². The molecule has 3 aromatic carbocycles. The third kappa shape index (κ3) is 4.21. The topological polar surface area (TPSA) is 79.3 Å². The van der Waals surface area contributed by atoms with Gasteiger partial charge in [0.1, 0.15) is 0 Å². The van der Waals surface area contributed by atoms with Crippen molar-refractivity contribution in [2.45, 2.75) is 6.92 Å². The first-order valence-corrected chi connectivity index (χ1v) is 11.0. The molecule has 0 bridgehead atoms. The summed E-state index contributed by atoms with van der Waals surface area (Å²) in [5, 5.41) is 12.7. The van der Waals surface area contributed by atoms with Gasteiger partial charge in [0.15, 0.2) is 0 Å². The van der Waals surface area contributed by atoms with Crippen LogP contribution in [0.15, 0.2) is 65.1 Å². The number of nitrogens with one attached hydrogen (secondary N) is 1. The van der Waals surface area contributed by atoms with E-state index in [2.05, 4.69) is 21.2 Å². The lowest BCUT2D eigenvalue weighted by Crippen LogP contribution is -2.16. The lowest BCUT2D eigenvalue weighted by molar-refractivity contribution is 0.0696. The third-order valence-corrected chi connectivity index (χ3v) is 6.08. The van der Waals surface area contributed by atoms with Gasteiger partial charge in [0.2, 0.25) is 0 Å². The van der Waals surface area contributed by atoms with Gasteiger partial charge in [-0.25, -0.2) is 9.78 Å². The van der Waals surface area contributed by atoms with E-state index < -0.39 is 11.9 Å². The van der Waals surface area contributed by atoms with E-state index in [1.165, 1.54) is 12.1 Å². The zero-order valence-electron chi connectivity index (χ0n) is 16.6. The van der Waals surface area contributed by atoms with Crippen LogP contribution in [0.5, 0.6) is 0 Å². The van der Waals surface area contributed by atoms with Crippen LogP contribution in [0, 0.1) is 6.92 Å². The van der Waals surface area contributed by atoms with Gasteiger partial charge in [-0.2, -0.15) is 0 Å². The molecule has 5 nitrogen and oxygen atoms in total. The maximum absolute atomic E-state index is 13.5. The second-order valence-electron chi connectivity index (χ2n) is 7.06. The molecule has 2 N–H and O–H groups in total. The standard InChI is InChI=1S/C24H15BrCl2N2O3/c1-12-20(23(30)29-22-17(26)9-14(24(31)32)10-18(22)27)16-11-15(25)7-8-19(16)28-21(12)13-5-3-2-4-6-13/h2-11H,1H3,(H,29,30)(H,31,32). The molecule has 0 radical (unpaired) electrons. The average molecular weight is 530 g/mol. The van der Waals surface area contributed by atoms with Crippen molar-refractivity contribution < 1.29 is 14.7 Å². The van der Waals surface area contributed by atoms with Gasteiger partial charge >= 0.3 is 5.97 Å². The molecule has 8 heteroatoms. The largest absolute Gasteiger partial charge is 0.478 e. The quantitative estimate of drug-likeness (QED) is 0.292. The van der Waals surface area contributed by atoms with Crippen molar-refractivity contribution in [2.24, 2.45) is 0 Å². The summed E-state index contributed by atoms with van der Waals surface area (Å²) in [5.74, 6) is -1.60. The van der Waals surface area contributed by atoms with E-state index in [-0.39, 0.29) is 21.3 Å². The summed E-state index contributed by atoms with van der Waals surface area (Å²) in [4.78, 5) is 29.5. The van der Waals surface area contributed by atoms with Crippen LogP contribution in [0.25, 0.3) is 22.2 Å². The number of fused-ring (bicyclic) bond motifs is 1. The van der Waals surface area contributed by atoms with Crippen molar-refractivity contribution in [1.29, 1.82) is 0 Å². The van der Waals surface area contributed by atoms with Gasteiger partial charge in [0.05, 0.1) is 38.1 Å². The molecule has 0 saturated carbocycles. The molecule has 0 aliphatic carbocycles. The highest BCUT2D eigenvalue weighted by Gasteiger charge is 2.22. The number of carboxylic acids is 1. The van der Waals surface area contributed by atoms with Gasteiger partial charge in [-0.1, -0.05) is 69.5 Å². The number of hydrogen-bond donors (Lipinski definition) is 2. The molecule has 160 valence electrons. The maximum Gasteiger partial charge on any atom is 0.335 e. The molecule has 0 aliphatic heterocycles. The van der Waals surface area contributed by atoms with Crippen molar-refractivity contribution >= 4 is 67.6 Å². The molecule has 0 spiro atoms. The van der Waals surface area contributed by atoms with Crippen LogP contribution in [-0.4, -0.2) is 22.0 Å². The molecule has 0 atom stereocenters. The minimum absolute atomic E-state index is 0.0312. The first-order chi connectivity index (χ1) is 15.3. The van der Waals surface area contributed by atoms with Crippen molar-refractivity contribution in [2.75, 3.05) is 5.32 Å². The summed E-state index contributed by atoms with van der Waals surface area (Å²) in [6.45, 7) is 1.83. The summed E-state index contributed by atoms with van der Waals surface area (Å²) in [7, 11) is 0. The fourth-order valence-corrected chi connectivity index (χ4v) is 4.44. The summed E-state index contributed by atoms with van der Waals surface area (Å²) >= 11 is 15.9. The number of nitrogens with zero attached hydrogens (tertiary/aromatic N) is 1. The van der Waals surface area contributed by atoms with E-state index in [9.17, 15) is 14.7 Å². The van der Waals surface area contributed by atoms with Crippen molar-refractivity contribution in [3.8, 4) is 11.3 Å². The zero-order valence-corrected chi connectivity index (χ0v) is 19.7. The second kappa shape index (κ2) is 8.90. The molecule has 4 rings (SSSR count). The molecule has 1 heterocycles. The fourth-order valence-electron chi connectivity index (χ4n) is 3.49. The Labute approximate surface area is 202 Å². The van der Waals surface area contributed by atoms with E-state index in [1.807, 2.05) is 55.5 Å². The summed E-state index contributed by atoms with van der Waals surface area (Å²) in [5.41, 5.74) is 3.40. The highest BCUT2D eigenvalue weighted by atomic mass is 79.9. The molecular weight excluding hydrogens is 515 g/mol. The van der Waals surface area contributed by atoms with Crippen LogP contribution in [-0.2, 0) is 0 Å². The number of carbonyl (C=O) groups excluding carboxylic acids is 1. The lowest BCUT2D eigenvalue weighted by Gasteiger charge is -2.16. The van der Waals surface area contributed by atoms with Gasteiger partial charge in [0.25, 0.3) is 5.91 Å². The molecule has 4 aromatic rings. The Hall–Kier alpha value is -2.93. The number of carboxylic acid groups (broad SMARTS) is 1. The number of aromatic nitrogens is 1. The molecule has 0 aliphatic rings. The smallest absolute Gasteiger partial charge is 0.335 e. The number of carbonyl (C=O) groups is 2. The first kappa shape index (κ1) is 22.3. The number of hydrogen-bond acceptors (Lipinski definition) is 3. The summed E-state index contributed by atoms with van der Waals surface area (Å²) in [6, 6.07) is 17.6. The number of amides is 1. The Bertz CT molecular complexity index is 1370. The van der Waals surface area contributed by atoms with Gasteiger partial charge in [0, 0.05) is 15.4 Å². The number of anilines is 1. The fraction of sp³-hybridized carbons (Fsp3) is 0.0417. The minimum Gasteiger partial charge on any atom is -0.478 e. The lowest BCUT2D eigenvalue weighted by atomic mass is 9.97. The predicted octanol–water partition coefficient (Wildman–Crippen LogP) is 7.23. The van der Waals surface area contributed by atoms with Gasteiger partial charge < -0.3 is 10.4 Å². The Morgan fingerprint density at radius 1 is 1.00 bits per heavy atom. The number of halogens is 3. The van der Waals surface area contributed by atoms with Crippen LogP contribution < -0.4 is 5.32 Å². The number of pyridine rings is 1. The Morgan fingerprint density at radius 3 is 2.28 bits per heavy atom. The van der Waals surface area contributed by atoms with Crippen molar-refractivity contribution in [3.05, 3.63) is 91.9 Å². The van der Waals surface area contributed by atoms with Crippen LogP contribution >= 0.6 is 39.1 Å². The Morgan fingerprint density at radius 2 is 1.66 bits per heavy atom. The highest BCUT2D eigenvalue weighted by molar-refractivity contribution is 9.10. The Balaban J connectivity index is 1.88. The number of rotatable bonds is 4. The summed E-state index contributed by atoms with van der Waals surface area (Å²) < 4.78 is 0.801. The van der Waals surface area contributed by atoms with E-state index in [0.29, 0.717) is 27.7 Å². The van der Waals surface area contributed by atoms with E-state index >= 15 is 0 Å². The van der Waals surface area contributed by atoms with Crippen LogP contribution in [0.1, 0.15) is 26.3 Å². The SMILES string of the molecule is Cc1c(-c2ccccc2)nc2ccc(Br)cc2c1C(=O)Nc1c(Cl)cc(C(=O)O)cc1Cl. The predicted molar refractivity (Wildman–Crippen MR) is 131 cm³/mol.